The first kappa shape index (κ1) is 31.3. The van der Waals surface area contributed by atoms with Gasteiger partial charge in [-0.25, -0.2) is 0 Å². The van der Waals surface area contributed by atoms with Gasteiger partial charge in [-0.3, -0.25) is 14.4 Å². The Balaban J connectivity index is 1.40. The Kier molecular flexibility index (Phi) is 10.9. The van der Waals surface area contributed by atoms with Crippen LogP contribution in [0.25, 0.3) is 0 Å². The first-order valence-electron chi connectivity index (χ1n) is 15.6. The van der Waals surface area contributed by atoms with E-state index in [1.54, 1.807) is 7.11 Å². The molecular weight excluding hydrogens is 550 g/mol. The molecule has 43 heavy (non-hydrogen) atoms. The highest BCUT2D eigenvalue weighted by Crippen LogP contribution is 2.41. The largest absolute Gasteiger partial charge is 0.493 e. The summed E-state index contributed by atoms with van der Waals surface area (Å²) in [6.45, 7) is 0. The number of benzene rings is 2. The molecule has 5 atom stereocenters. The molecule has 0 bridgehead atoms. The van der Waals surface area contributed by atoms with Crippen LogP contribution < -0.4 is 15.0 Å². The number of hydrogen-bond acceptors (Lipinski definition) is 9. The minimum atomic E-state index is -1.09. The first-order chi connectivity index (χ1) is 21.0. The highest BCUT2D eigenvalue weighted by atomic mass is 16.8. The fourth-order valence-corrected chi connectivity index (χ4v) is 6.89. The number of rotatable bonds is 11. The molecule has 0 unspecified atom stereocenters. The molecule has 2 aromatic rings. The SMILES string of the molecule is COC(=O)C(C[C@H]1NO[C@@H](O[C@H]2CCCC[C@@H]2c2ccccc2)C[C@H]1c1ccc(OC)c(OC2CCCC2)c1)C(=O)OC. The molecule has 9 nitrogen and oxygen atoms in total. The number of hydroxylamine groups is 1. The minimum Gasteiger partial charge on any atom is -0.493 e. The number of carbonyl (C=O) groups excluding carboxylic acids is 2. The summed E-state index contributed by atoms with van der Waals surface area (Å²) in [7, 11) is 4.19. The van der Waals surface area contributed by atoms with E-state index < -0.39 is 30.2 Å². The molecule has 1 saturated heterocycles. The molecule has 0 amide bonds. The van der Waals surface area contributed by atoms with E-state index in [9.17, 15) is 9.59 Å². The molecule has 2 aromatic carbocycles. The second kappa shape index (κ2) is 15.0. The van der Waals surface area contributed by atoms with Gasteiger partial charge < -0.3 is 23.7 Å². The van der Waals surface area contributed by atoms with Crippen molar-refractivity contribution in [1.82, 2.24) is 5.48 Å². The van der Waals surface area contributed by atoms with Crippen LogP contribution in [0.4, 0.5) is 0 Å². The normalized spacial score (nSPS) is 26.2. The highest BCUT2D eigenvalue weighted by molar-refractivity contribution is 5.94. The van der Waals surface area contributed by atoms with E-state index in [4.69, 9.17) is 28.5 Å². The van der Waals surface area contributed by atoms with Crippen molar-refractivity contribution in [3.63, 3.8) is 0 Å². The van der Waals surface area contributed by atoms with Crippen LogP contribution in [0.15, 0.2) is 48.5 Å². The molecule has 2 saturated carbocycles. The van der Waals surface area contributed by atoms with Crippen molar-refractivity contribution in [2.24, 2.45) is 5.92 Å². The summed E-state index contributed by atoms with van der Waals surface area (Å²) >= 11 is 0. The van der Waals surface area contributed by atoms with Gasteiger partial charge in [-0.05, 0) is 68.2 Å². The van der Waals surface area contributed by atoms with Crippen LogP contribution in [0.5, 0.6) is 11.5 Å². The average Bonchev–Trinajstić information content (AvgIpc) is 3.57. The lowest BCUT2D eigenvalue weighted by Gasteiger charge is -2.41. The maximum atomic E-state index is 12.6. The van der Waals surface area contributed by atoms with Gasteiger partial charge >= 0.3 is 11.9 Å². The third-order valence-corrected chi connectivity index (χ3v) is 9.21. The average molecular weight is 596 g/mol. The number of methoxy groups -OCH3 is 3. The van der Waals surface area contributed by atoms with Crippen molar-refractivity contribution in [3.8, 4) is 11.5 Å². The summed E-state index contributed by atoms with van der Waals surface area (Å²) in [6, 6.07) is 16.1. The molecular formula is C34H45NO8. The number of ether oxygens (including phenoxy) is 5. The second-order valence-electron chi connectivity index (χ2n) is 11.9. The molecule has 1 N–H and O–H groups in total. The Bertz CT molecular complexity index is 1180. The van der Waals surface area contributed by atoms with E-state index in [1.165, 1.54) is 26.2 Å². The van der Waals surface area contributed by atoms with Gasteiger partial charge in [0.15, 0.2) is 23.7 Å². The fourth-order valence-electron chi connectivity index (χ4n) is 6.89. The Hall–Kier alpha value is -3.14. The lowest BCUT2D eigenvalue weighted by Crippen LogP contribution is -2.49. The molecule has 1 heterocycles. The molecule has 9 heteroatoms. The summed E-state index contributed by atoms with van der Waals surface area (Å²) in [5, 5.41) is 0. The fraction of sp³-hybridized carbons (Fsp3) is 0.588. The van der Waals surface area contributed by atoms with Crippen molar-refractivity contribution >= 4 is 11.9 Å². The maximum Gasteiger partial charge on any atom is 0.320 e. The number of esters is 2. The van der Waals surface area contributed by atoms with Crippen molar-refractivity contribution in [3.05, 3.63) is 59.7 Å². The summed E-state index contributed by atoms with van der Waals surface area (Å²) < 4.78 is 28.7. The van der Waals surface area contributed by atoms with E-state index in [0.717, 1.165) is 50.5 Å². The Labute approximate surface area is 254 Å². The topological polar surface area (TPSA) is 102 Å². The van der Waals surface area contributed by atoms with E-state index in [0.29, 0.717) is 23.8 Å². The third-order valence-electron chi connectivity index (χ3n) is 9.21. The molecule has 0 aromatic heterocycles. The van der Waals surface area contributed by atoms with Crippen LogP contribution in [-0.4, -0.2) is 57.8 Å². The van der Waals surface area contributed by atoms with Crippen molar-refractivity contribution in [2.75, 3.05) is 21.3 Å². The van der Waals surface area contributed by atoms with E-state index >= 15 is 0 Å². The van der Waals surface area contributed by atoms with Crippen LogP contribution in [0.1, 0.15) is 87.2 Å². The molecule has 3 fully saturated rings. The summed E-state index contributed by atoms with van der Waals surface area (Å²) in [4.78, 5) is 31.3. The van der Waals surface area contributed by atoms with Gasteiger partial charge in [0.05, 0.1) is 33.5 Å². The Morgan fingerprint density at radius 3 is 2.23 bits per heavy atom. The highest BCUT2D eigenvalue weighted by Gasteiger charge is 2.41. The van der Waals surface area contributed by atoms with Gasteiger partial charge in [0.25, 0.3) is 0 Å². The Morgan fingerprint density at radius 1 is 0.837 bits per heavy atom. The molecule has 1 aliphatic heterocycles. The number of nitrogens with one attached hydrogen (secondary N) is 1. The monoisotopic (exact) mass is 595 g/mol. The van der Waals surface area contributed by atoms with Crippen LogP contribution in [0.3, 0.4) is 0 Å². The minimum absolute atomic E-state index is 0.0233. The third kappa shape index (κ3) is 7.69. The van der Waals surface area contributed by atoms with Gasteiger partial charge in [-0.1, -0.05) is 49.2 Å². The van der Waals surface area contributed by atoms with E-state index in [1.807, 2.05) is 24.3 Å². The van der Waals surface area contributed by atoms with Gasteiger partial charge in [-0.2, -0.15) is 5.48 Å². The summed E-state index contributed by atoms with van der Waals surface area (Å²) in [5.74, 6) is -0.864. The summed E-state index contributed by atoms with van der Waals surface area (Å²) in [6.07, 6.45) is 9.00. The van der Waals surface area contributed by atoms with Crippen molar-refractivity contribution in [1.29, 1.82) is 0 Å². The zero-order valence-electron chi connectivity index (χ0n) is 25.5. The molecule has 2 aliphatic carbocycles. The van der Waals surface area contributed by atoms with Gasteiger partial charge in [-0.15, -0.1) is 0 Å². The zero-order chi connectivity index (χ0) is 30.2. The standard InChI is InChI=1S/C34H45NO8/c1-38-30-18-17-23(19-31(30)41-24-13-7-8-14-24)26-21-32(43-35-28(26)20-27(33(36)39-2)34(37)40-3)42-29-16-10-9-15-25(29)22-11-5-4-6-12-22/h4-6,11-12,17-19,24-29,32,35H,7-10,13-16,20-21H2,1-3H3/t25-,26+,28-,29+,32-/m1/s1. The molecule has 234 valence electrons. The predicted octanol–water partition coefficient (Wildman–Crippen LogP) is 5.82. The van der Waals surface area contributed by atoms with Crippen LogP contribution in [0.2, 0.25) is 0 Å². The quantitative estimate of drug-likeness (QED) is 0.255. The van der Waals surface area contributed by atoms with E-state index in [2.05, 4.69) is 29.7 Å². The van der Waals surface area contributed by atoms with Crippen LogP contribution in [0, 0.1) is 5.92 Å². The van der Waals surface area contributed by atoms with Crippen molar-refractivity contribution in [2.45, 2.75) is 101 Å². The van der Waals surface area contributed by atoms with E-state index in [-0.39, 0.29) is 24.5 Å². The maximum absolute atomic E-state index is 12.6. The first-order valence-corrected chi connectivity index (χ1v) is 15.6. The van der Waals surface area contributed by atoms with Crippen LogP contribution in [-0.2, 0) is 28.6 Å². The second-order valence-corrected chi connectivity index (χ2v) is 11.9. The predicted molar refractivity (Wildman–Crippen MR) is 160 cm³/mol. The lowest BCUT2D eigenvalue weighted by molar-refractivity contribution is -0.243. The zero-order valence-corrected chi connectivity index (χ0v) is 25.5. The Morgan fingerprint density at radius 2 is 1.53 bits per heavy atom. The van der Waals surface area contributed by atoms with Gasteiger partial charge in [0, 0.05) is 24.3 Å². The molecule has 0 radical (unpaired) electrons. The van der Waals surface area contributed by atoms with Gasteiger partial charge in [0.2, 0.25) is 0 Å². The van der Waals surface area contributed by atoms with Gasteiger partial charge in [0.1, 0.15) is 0 Å². The van der Waals surface area contributed by atoms with Crippen LogP contribution >= 0.6 is 0 Å². The smallest absolute Gasteiger partial charge is 0.320 e. The molecule has 3 aliphatic rings. The number of carbonyl (C=O) groups is 2. The molecule has 0 spiro atoms. The summed E-state index contributed by atoms with van der Waals surface area (Å²) in [5.41, 5.74) is 5.43. The number of hydrogen-bond donors (Lipinski definition) is 1. The lowest BCUT2D eigenvalue weighted by atomic mass is 9.81. The van der Waals surface area contributed by atoms with Crippen molar-refractivity contribution < 1.29 is 38.1 Å². The molecule has 5 rings (SSSR count).